The first-order chi connectivity index (χ1) is 8.90. The van der Waals surface area contributed by atoms with Crippen molar-refractivity contribution in [2.24, 2.45) is 0 Å². The van der Waals surface area contributed by atoms with Crippen molar-refractivity contribution in [2.75, 3.05) is 16.8 Å². The number of nitrogens with one attached hydrogen (secondary N) is 1. The van der Waals surface area contributed by atoms with Gasteiger partial charge in [-0.15, -0.1) is 11.3 Å². The quantitative estimate of drug-likeness (QED) is 0.728. The van der Waals surface area contributed by atoms with Gasteiger partial charge >= 0.3 is 0 Å². The maximum atomic E-state index is 14.0. The van der Waals surface area contributed by atoms with Gasteiger partial charge < -0.3 is 16.8 Å². The van der Waals surface area contributed by atoms with Gasteiger partial charge in [-0.2, -0.15) is 0 Å². The van der Waals surface area contributed by atoms with Gasteiger partial charge in [-0.1, -0.05) is 23.2 Å². The molecule has 5 N–H and O–H groups in total. The Labute approximate surface area is 124 Å². The molecule has 2 rings (SSSR count). The van der Waals surface area contributed by atoms with Crippen molar-refractivity contribution >= 4 is 51.6 Å². The van der Waals surface area contributed by atoms with Crippen molar-refractivity contribution in [1.82, 2.24) is 0 Å². The number of anilines is 3. The first-order valence-electron chi connectivity index (χ1n) is 5.45. The molecule has 0 fully saturated rings. The molecule has 0 saturated heterocycles. The molecule has 7 heteroatoms. The third-order valence-electron chi connectivity index (χ3n) is 2.65. The normalized spacial score (nSPS) is 12.4. The fourth-order valence-electron chi connectivity index (χ4n) is 1.66. The summed E-state index contributed by atoms with van der Waals surface area (Å²) in [6.07, 6.45) is 0. The maximum Gasteiger partial charge on any atom is 0.169 e. The predicted molar refractivity (Wildman–Crippen MR) is 81.6 cm³/mol. The van der Waals surface area contributed by atoms with Crippen LogP contribution in [-0.4, -0.2) is 0 Å². The summed E-state index contributed by atoms with van der Waals surface area (Å²) in [4.78, 5) is 0.969. The van der Waals surface area contributed by atoms with E-state index >= 15 is 0 Å². The summed E-state index contributed by atoms with van der Waals surface area (Å²) < 4.78 is 14.7. The predicted octanol–water partition coefficient (Wildman–Crippen LogP) is 4.53. The van der Waals surface area contributed by atoms with E-state index in [2.05, 4.69) is 5.32 Å². The lowest BCUT2D eigenvalue weighted by Crippen LogP contribution is -2.10. The molecule has 0 aliphatic heterocycles. The van der Waals surface area contributed by atoms with Crippen molar-refractivity contribution in [2.45, 2.75) is 13.0 Å². The number of benzene rings is 1. The standard InChI is InChI=1S/C12H12Cl2FN3S/c1-5(8-2-3-9(13)19-8)18-12-7(17)4-6(16)10(14)11(12)15/h2-5,18H,16-17H2,1H3. The zero-order chi connectivity index (χ0) is 14.2. The van der Waals surface area contributed by atoms with Crippen LogP contribution in [0.15, 0.2) is 18.2 Å². The van der Waals surface area contributed by atoms with Gasteiger partial charge in [0, 0.05) is 4.88 Å². The molecule has 1 unspecified atom stereocenters. The number of nitrogens with two attached hydrogens (primary N) is 2. The van der Waals surface area contributed by atoms with Gasteiger partial charge in [-0.05, 0) is 25.1 Å². The van der Waals surface area contributed by atoms with Crippen molar-refractivity contribution < 1.29 is 4.39 Å². The number of halogens is 3. The lowest BCUT2D eigenvalue weighted by atomic mass is 10.2. The average Bonchev–Trinajstić information content (AvgIpc) is 2.78. The van der Waals surface area contributed by atoms with E-state index < -0.39 is 5.82 Å². The van der Waals surface area contributed by atoms with Gasteiger partial charge in [-0.3, -0.25) is 0 Å². The molecule has 1 heterocycles. The van der Waals surface area contributed by atoms with Crippen LogP contribution >= 0.6 is 34.5 Å². The van der Waals surface area contributed by atoms with E-state index in [1.54, 1.807) is 6.07 Å². The number of thiophene rings is 1. The molecule has 1 atom stereocenters. The summed E-state index contributed by atoms with van der Waals surface area (Å²) in [6, 6.07) is 4.95. The summed E-state index contributed by atoms with van der Waals surface area (Å²) in [7, 11) is 0. The molecule has 1 aromatic carbocycles. The molecule has 102 valence electrons. The van der Waals surface area contributed by atoms with Gasteiger partial charge in [-0.25, -0.2) is 4.39 Å². The molecule has 19 heavy (non-hydrogen) atoms. The fraction of sp³-hybridized carbons (Fsp3) is 0.167. The van der Waals surface area contributed by atoms with Crippen LogP contribution < -0.4 is 16.8 Å². The van der Waals surface area contributed by atoms with Crippen LogP contribution in [0.1, 0.15) is 17.8 Å². The minimum Gasteiger partial charge on any atom is -0.397 e. The van der Waals surface area contributed by atoms with Crippen LogP contribution in [-0.2, 0) is 0 Å². The van der Waals surface area contributed by atoms with E-state index in [1.807, 2.05) is 13.0 Å². The Balaban J connectivity index is 2.31. The zero-order valence-electron chi connectivity index (χ0n) is 10.0. The van der Waals surface area contributed by atoms with Crippen LogP contribution in [0.25, 0.3) is 0 Å². The summed E-state index contributed by atoms with van der Waals surface area (Å²) >= 11 is 13.1. The van der Waals surface area contributed by atoms with Gasteiger partial charge in [0.1, 0.15) is 5.02 Å². The minimum absolute atomic E-state index is 0.119. The van der Waals surface area contributed by atoms with E-state index in [9.17, 15) is 4.39 Å². The Morgan fingerprint density at radius 2 is 1.95 bits per heavy atom. The van der Waals surface area contributed by atoms with Crippen molar-refractivity contribution in [1.29, 1.82) is 0 Å². The van der Waals surface area contributed by atoms with Crippen molar-refractivity contribution in [3.63, 3.8) is 0 Å². The number of hydrogen-bond acceptors (Lipinski definition) is 4. The molecule has 0 saturated carbocycles. The summed E-state index contributed by atoms with van der Waals surface area (Å²) in [5, 5.41) is 2.86. The number of rotatable bonds is 3. The van der Waals surface area contributed by atoms with Crippen molar-refractivity contribution in [3.05, 3.63) is 38.3 Å². The summed E-state index contributed by atoms with van der Waals surface area (Å²) in [5.74, 6) is -0.645. The van der Waals surface area contributed by atoms with Crippen molar-refractivity contribution in [3.8, 4) is 0 Å². The SMILES string of the molecule is CC(Nc1c(N)cc(N)c(Cl)c1F)c1ccc(Cl)s1. The highest BCUT2D eigenvalue weighted by Gasteiger charge is 2.17. The van der Waals surface area contributed by atoms with Crippen LogP contribution in [0.2, 0.25) is 9.36 Å². The van der Waals surface area contributed by atoms with Crippen LogP contribution in [0.4, 0.5) is 21.5 Å². The lowest BCUT2D eigenvalue weighted by molar-refractivity contribution is 0.629. The first-order valence-corrected chi connectivity index (χ1v) is 7.02. The van der Waals surface area contributed by atoms with Gasteiger partial charge in [0.05, 0.1) is 27.4 Å². The van der Waals surface area contributed by atoms with Crippen LogP contribution in [0.3, 0.4) is 0 Å². The average molecular weight is 320 g/mol. The van der Waals surface area contributed by atoms with E-state index in [0.29, 0.717) is 4.34 Å². The summed E-state index contributed by atoms with van der Waals surface area (Å²) in [5.41, 5.74) is 11.8. The van der Waals surface area contributed by atoms with Gasteiger partial charge in [0.2, 0.25) is 0 Å². The van der Waals surface area contributed by atoms with E-state index in [-0.39, 0.29) is 28.1 Å². The summed E-state index contributed by atoms with van der Waals surface area (Å²) in [6.45, 7) is 1.88. The molecule has 0 radical (unpaired) electrons. The molecular formula is C12H12Cl2FN3S. The third kappa shape index (κ3) is 2.88. The largest absolute Gasteiger partial charge is 0.397 e. The fourth-order valence-corrected chi connectivity index (χ4v) is 2.87. The molecular weight excluding hydrogens is 308 g/mol. The Morgan fingerprint density at radius 1 is 1.26 bits per heavy atom. The monoisotopic (exact) mass is 319 g/mol. The Kier molecular flexibility index (Phi) is 4.08. The van der Waals surface area contributed by atoms with E-state index in [1.165, 1.54) is 17.4 Å². The van der Waals surface area contributed by atoms with Gasteiger partial charge in [0.15, 0.2) is 5.82 Å². The van der Waals surface area contributed by atoms with Gasteiger partial charge in [0.25, 0.3) is 0 Å². The van der Waals surface area contributed by atoms with E-state index in [4.69, 9.17) is 34.7 Å². The molecule has 0 aliphatic carbocycles. The molecule has 0 aliphatic rings. The lowest BCUT2D eigenvalue weighted by Gasteiger charge is -2.17. The molecule has 2 aromatic rings. The third-order valence-corrected chi connectivity index (χ3v) is 4.44. The first kappa shape index (κ1) is 14.2. The van der Waals surface area contributed by atoms with E-state index in [0.717, 1.165) is 4.88 Å². The molecule has 0 amide bonds. The molecule has 0 bridgehead atoms. The maximum absolute atomic E-state index is 14.0. The second-order valence-electron chi connectivity index (χ2n) is 4.07. The Morgan fingerprint density at radius 3 is 2.53 bits per heavy atom. The molecule has 0 spiro atoms. The highest BCUT2D eigenvalue weighted by molar-refractivity contribution is 7.16. The number of nitrogen functional groups attached to an aromatic ring is 2. The number of hydrogen-bond donors (Lipinski definition) is 3. The minimum atomic E-state index is -0.645. The highest BCUT2D eigenvalue weighted by atomic mass is 35.5. The Hall–Kier alpha value is -1.17. The zero-order valence-corrected chi connectivity index (χ0v) is 12.3. The van der Waals surface area contributed by atoms with Crippen LogP contribution in [0.5, 0.6) is 0 Å². The highest BCUT2D eigenvalue weighted by Crippen LogP contribution is 2.36. The molecule has 3 nitrogen and oxygen atoms in total. The molecule has 1 aromatic heterocycles. The van der Waals surface area contributed by atoms with Crippen LogP contribution in [0, 0.1) is 5.82 Å². The smallest absolute Gasteiger partial charge is 0.169 e. The Bertz CT molecular complexity index is 615. The topological polar surface area (TPSA) is 64.1 Å². The second-order valence-corrected chi connectivity index (χ2v) is 6.19. The second kappa shape index (κ2) is 5.45.